The van der Waals surface area contributed by atoms with Gasteiger partial charge in [0.25, 0.3) is 5.91 Å². The Morgan fingerprint density at radius 2 is 1.88 bits per heavy atom. The van der Waals surface area contributed by atoms with Crippen molar-refractivity contribution < 1.29 is 9.21 Å². The molecule has 0 saturated carbocycles. The Kier molecular flexibility index (Phi) is 3.84. The minimum absolute atomic E-state index is 0.251. The Morgan fingerprint density at radius 3 is 2.62 bits per heavy atom. The molecule has 4 aromatic rings. The van der Waals surface area contributed by atoms with E-state index in [2.05, 4.69) is 16.4 Å². The Hall–Kier alpha value is -2.92. The summed E-state index contributed by atoms with van der Waals surface area (Å²) in [6.07, 6.45) is 2.27. The van der Waals surface area contributed by atoms with Gasteiger partial charge in [0.05, 0.1) is 21.5 Å². The summed E-state index contributed by atoms with van der Waals surface area (Å²) < 4.78 is 6.28. The van der Waals surface area contributed by atoms with Crippen molar-refractivity contribution in [3.8, 4) is 0 Å². The fourth-order valence-electron chi connectivity index (χ4n) is 2.48. The summed E-state index contributed by atoms with van der Waals surface area (Å²) in [7, 11) is 0. The van der Waals surface area contributed by atoms with Crippen molar-refractivity contribution in [2.24, 2.45) is 0 Å². The number of hydrogen-bond donors (Lipinski definition) is 1. The number of furan rings is 1. The highest BCUT2D eigenvalue weighted by Crippen LogP contribution is 2.24. The van der Waals surface area contributed by atoms with Gasteiger partial charge in [0.2, 0.25) is 0 Å². The third-order valence-corrected chi connectivity index (χ3v) is 4.69. The Bertz CT molecular complexity index is 939. The number of hydrogen-bond acceptors (Lipinski definition) is 4. The molecule has 1 N–H and O–H groups in total. The van der Waals surface area contributed by atoms with Gasteiger partial charge in [0.1, 0.15) is 0 Å². The van der Waals surface area contributed by atoms with Crippen molar-refractivity contribution in [2.75, 3.05) is 5.32 Å². The number of carbonyl (C=O) groups is 1. The number of amides is 1. The first-order chi connectivity index (χ1) is 11.8. The predicted molar refractivity (Wildman–Crippen MR) is 95.5 cm³/mol. The molecule has 0 fully saturated rings. The first-order valence-electron chi connectivity index (χ1n) is 7.56. The molecule has 2 aromatic heterocycles. The molecule has 4 rings (SSSR count). The highest BCUT2D eigenvalue weighted by Gasteiger charge is 2.09. The van der Waals surface area contributed by atoms with Gasteiger partial charge >= 0.3 is 0 Å². The topological polar surface area (TPSA) is 55.1 Å². The SMILES string of the molecule is O=C(Nc1ccc(Cc2nc3ccccc3s2)cc1)c1ccco1. The average molecular weight is 334 g/mol. The molecule has 2 aromatic carbocycles. The molecule has 0 spiro atoms. The molecule has 2 heterocycles. The normalized spacial score (nSPS) is 10.8. The summed E-state index contributed by atoms with van der Waals surface area (Å²) in [6.45, 7) is 0. The second-order valence-corrected chi connectivity index (χ2v) is 6.50. The maximum absolute atomic E-state index is 11.9. The van der Waals surface area contributed by atoms with Gasteiger partial charge in [-0.2, -0.15) is 0 Å². The zero-order chi connectivity index (χ0) is 16.4. The standard InChI is InChI=1S/C19H14N2O2S/c22-19(16-5-3-11-23-16)20-14-9-7-13(8-10-14)12-18-21-15-4-1-2-6-17(15)24-18/h1-11H,12H2,(H,20,22). The average Bonchev–Trinajstić information content (AvgIpc) is 3.25. The molecule has 4 nitrogen and oxygen atoms in total. The van der Waals surface area contributed by atoms with Gasteiger partial charge in [-0.1, -0.05) is 24.3 Å². The quantitative estimate of drug-likeness (QED) is 0.587. The maximum Gasteiger partial charge on any atom is 0.291 e. The number of rotatable bonds is 4. The summed E-state index contributed by atoms with van der Waals surface area (Å²) in [5.41, 5.74) is 2.94. The van der Waals surface area contributed by atoms with Crippen LogP contribution in [0.1, 0.15) is 21.1 Å². The van der Waals surface area contributed by atoms with Crippen LogP contribution in [0.3, 0.4) is 0 Å². The molecular formula is C19H14N2O2S. The second-order valence-electron chi connectivity index (χ2n) is 5.38. The first kappa shape index (κ1) is 14.7. The zero-order valence-electron chi connectivity index (χ0n) is 12.7. The van der Waals surface area contributed by atoms with E-state index in [-0.39, 0.29) is 5.91 Å². The molecule has 0 bridgehead atoms. The molecule has 0 unspecified atom stereocenters. The molecule has 0 aliphatic rings. The van der Waals surface area contributed by atoms with Crippen LogP contribution in [0.2, 0.25) is 0 Å². The van der Waals surface area contributed by atoms with Gasteiger partial charge in [0, 0.05) is 12.1 Å². The van der Waals surface area contributed by atoms with Crippen LogP contribution >= 0.6 is 11.3 Å². The third kappa shape index (κ3) is 3.07. The van der Waals surface area contributed by atoms with Crippen LogP contribution < -0.4 is 5.32 Å². The molecule has 0 aliphatic carbocycles. The van der Waals surface area contributed by atoms with Crippen LogP contribution in [0.15, 0.2) is 71.3 Å². The van der Waals surface area contributed by atoms with Gasteiger partial charge in [-0.05, 0) is 42.0 Å². The largest absolute Gasteiger partial charge is 0.459 e. The summed E-state index contributed by atoms with van der Waals surface area (Å²) in [6, 6.07) is 19.3. The van der Waals surface area contributed by atoms with Gasteiger partial charge in [-0.25, -0.2) is 4.98 Å². The Balaban J connectivity index is 1.46. The zero-order valence-corrected chi connectivity index (χ0v) is 13.5. The van der Waals surface area contributed by atoms with Crippen LogP contribution in [0.4, 0.5) is 5.69 Å². The van der Waals surface area contributed by atoms with E-state index in [0.29, 0.717) is 5.76 Å². The van der Waals surface area contributed by atoms with Crippen LogP contribution in [-0.4, -0.2) is 10.9 Å². The van der Waals surface area contributed by atoms with Crippen molar-refractivity contribution in [1.82, 2.24) is 4.98 Å². The van der Waals surface area contributed by atoms with Crippen molar-refractivity contribution in [2.45, 2.75) is 6.42 Å². The predicted octanol–water partition coefficient (Wildman–Crippen LogP) is 4.73. The molecule has 24 heavy (non-hydrogen) atoms. The van der Waals surface area contributed by atoms with Crippen molar-refractivity contribution >= 4 is 33.1 Å². The first-order valence-corrected chi connectivity index (χ1v) is 8.38. The Labute approximate surface area is 142 Å². The van der Waals surface area contributed by atoms with E-state index >= 15 is 0 Å². The van der Waals surface area contributed by atoms with Gasteiger partial charge in [-0.3, -0.25) is 4.79 Å². The number of fused-ring (bicyclic) bond motifs is 1. The molecule has 0 aliphatic heterocycles. The number of carbonyl (C=O) groups excluding carboxylic acids is 1. The van der Waals surface area contributed by atoms with E-state index in [9.17, 15) is 4.79 Å². The molecular weight excluding hydrogens is 320 g/mol. The smallest absolute Gasteiger partial charge is 0.291 e. The van der Waals surface area contributed by atoms with Crippen molar-refractivity contribution in [1.29, 1.82) is 0 Å². The van der Waals surface area contributed by atoms with Gasteiger partial charge in [-0.15, -0.1) is 11.3 Å². The minimum Gasteiger partial charge on any atom is -0.459 e. The molecule has 0 radical (unpaired) electrons. The molecule has 1 amide bonds. The molecule has 5 heteroatoms. The van der Waals surface area contributed by atoms with Crippen LogP contribution in [0.25, 0.3) is 10.2 Å². The summed E-state index contributed by atoms with van der Waals surface area (Å²) in [5, 5.41) is 3.90. The van der Waals surface area contributed by atoms with Crippen LogP contribution in [0, 0.1) is 0 Å². The summed E-state index contributed by atoms with van der Waals surface area (Å²) >= 11 is 1.71. The molecule has 118 valence electrons. The molecule has 0 saturated heterocycles. The van der Waals surface area contributed by atoms with E-state index < -0.39 is 0 Å². The maximum atomic E-state index is 11.9. The number of nitrogens with one attached hydrogen (secondary N) is 1. The number of nitrogens with zero attached hydrogens (tertiary/aromatic N) is 1. The number of benzene rings is 2. The summed E-state index contributed by atoms with van der Waals surface area (Å²) in [5.74, 6) is 0.0486. The number of anilines is 1. The number of para-hydroxylation sites is 1. The highest BCUT2D eigenvalue weighted by molar-refractivity contribution is 7.18. The van der Waals surface area contributed by atoms with E-state index in [0.717, 1.165) is 28.2 Å². The number of aromatic nitrogens is 1. The van der Waals surface area contributed by atoms with Crippen LogP contribution in [-0.2, 0) is 6.42 Å². The second kappa shape index (κ2) is 6.29. The lowest BCUT2D eigenvalue weighted by Crippen LogP contribution is -2.10. The number of thiazole rings is 1. The lowest BCUT2D eigenvalue weighted by atomic mass is 10.1. The van der Waals surface area contributed by atoms with E-state index in [1.165, 1.54) is 11.0 Å². The summed E-state index contributed by atoms with van der Waals surface area (Å²) in [4.78, 5) is 16.6. The minimum atomic E-state index is -0.251. The lowest BCUT2D eigenvalue weighted by molar-refractivity contribution is 0.0996. The van der Waals surface area contributed by atoms with Gasteiger partial charge < -0.3 is 9.73 Å². The monoisotopic (exact) mass is 334 g/mol. The highest BCUT2D eigenvalue weighted by atomic mass is 32.1. The van der Waals surface area contributed by atoms with E-state index in [1.807, 2.05) is 42.5 Å². The lowest BCUT2D eigenvalue weighted by Gasteiger charge is -2.04. The Morgan fingerprint density at radius 1 is 1.04 bits per heavy atom. The van der Waals surface area contributed by atoms with E-state index in [1.54, 1.807) is 23.5 Å². The van der Waals surface area contributed by atoms with Crippen molar-refractivity contribution in [3.63, 3.8) is 0 Å². The molecule has 0 atom stereocenters. The van der Waals surface area contributed by atoms with Crippen molar-refractivity contribution in [3.05, 3.63) is 83.3 Å². The van der Waals surface area contributed by atoms with Gasteiger partial charge in [0.15, 0.2) is 5.76 Å². The van der Waals surface area contributed by atoms with Crippen LogP contribution in [0.5, 0.6) is 0 Å². The fourth-order valence-corrected chi connectivity index (χ4v) is 3.48. The third-order valence-electron chi connectivity index (χ3n) is 3.65. The fraction of sp³-hybridized carbons (Fsp3) is 0.0526. The van der Waals surface area contributed by atoms with E-state index in [4.69, 9.17) is 4.42 Å².